The van der Waals surface area contributed by atoms with Gasteiger partial charge in [-0.05, 0) is 18.6 Å². The highest BCUT2D eigenvalue weighted by Crippen LogP contribution is 2.33. The van der Waals surface area contributed by atoms with Gasteiger partial charge in [0.25, 0.3) is 5.91 Å². The molecule has 1 aliphatic rings. The molecule has 0 N–H and O–H groups in total. The van der Waals surface area contributed by atoms with E-state index in [-0.39, 0.29) is 18.2 Å². The molecule has 96 valence electrons. The first-order valence-electron chi connectivity index (χ1n) is 5.88. The van der Waals surface area contributed by atoms with E-state index in [2.05, 4.69) is 0 Å². The van der Waals surface area contributed by atoms with Crippen LogP contribution in [0.2, 0.25) is 0 Å². The molecule has 18 heavy (non-hydrogen) atoms. The highest BCUT2D eigenvalue weighted by molar-refractivity contribution is 6.40. The van der Waals surface area contributed by atoms with Crippen LogP contribution >= 0.6 is 11.6 Å². The Balaban J connectivity index is 2.32. The summed E-state index contributed by atoms with van der Waals surface area (Å²) in [5.41, 5.74) is 0.476. The van der Waals surface area contributed by atoms with Crippen LogP contribution < -0.4 is 9.64 Å². The van der Waals surface area contributed by atoms with E-state index in [1.807, 2.05) is 6.92 Å². The Kier molecular flexibility index (Phi) is 3.87. The summed E-state index contributed by atoms with van der Waals surface area (Å²) < 4.78 is 5.54. The normalized spacial score (nSPS) is 19.4. The average molecular weight is 268 g/mol. The lowest BCUT2D eigenvalue weighted by Gasteiger charge is -2.18. The molecular weight excluding hydrogens is 254 g/mol. The van der Waals surface area contributed by atoms with Gasteiger partial charge in [0.1, 0.15) is 11.1 Å². The number of hydrogen-bond acceptors (Lipinski definition) is 3. The third-order valence-corrected chi connectivity index (χ3v) is 3.00. The second-order valence-corrected chi connectivity index (χ2v) is 4.58. The summed E-state index contributed by atoms with van der Waals surface area (Å²) in [6, 6.07) is 7.00. The van der Waals surface area contributed by atoms with Crippen LogP contribution in [-0.2, 0) is 9.59 Å². The molecule has 1 aliphatic heterocycles. The Hall–Kier alpha value is -1.55. The van der Waals surface area contributed by atoms with Crippen molar-refractivity contribution in [3.63, 3.8) is 0 Å². The summed E-state index contributed by atoms with van der Waals surface area (Å²) in [5.74, 6) is -0.131. The molecule has 1 atom stereocenters. The number of hydrogen-bond donors (Lipinski definition) is 0. The van der Waals surface area contributed by atoms with E-state index in [9.17, 15) is 9.59 Å². The number of nitrogens with zero attached hydrogens (tertiary/aromatic N) is 1. The molecule has 1 aromatic carbocycles. The third-order valence-electron chi connectivity index (χ3n) is 2.66. The van der Waals surface area contributed by atoms with Gasteiger partial charge in [-0.1, -0.05) is 19.1 Å². The Morgan fingerprint density at radius 2 is 2.11 bits per heavy atom. The van der Waals surface area contributed by atoms with Gasteiger partial charge in [0.2, 0.25) is 5.91 Å². The van der Waals surface area contributed by atoms with Crippen molar-refractivity contribution in [1.29, 1.82) is 0 Å². The fraction of sp³-hybridized carbons (Fsp3) is 0.385. The van der Waals surface area contributed by atoms with Crippen molar-refractivity contribution >= 4 is 29.1 Å². The van der Waals surface area contributed by atoms with E-state index in [0.717, 1.165) is 11.3 Å². The fourth-order valence-corrected chi connectivity index (χ4v) is 2.05. The Morgan fingerprint density at radius 1 is 1.39 bits per heavy atom. The maximum atomic E-state index is 11.9. The molecule has 4 nitrogen and oxygen atoms in total. The maximum Gasteiger partial charge on any atom is 0.252 e. The van der Waals surface area contributed by atoms with Gasteiger partial charge in [0.15, 0.2) is 0 Å². The second-order valence-electron chi connectivity index (χ2n) is 4.06. The molecule has 1 aromatic rings. The minimum absolute atomic E-state index is 0.0441. The highest BCUT2D eigenvalue weighted by Gasteiger charge is 2.39. The van der Waals surface area contributed by atoms with Crippen LogP contribution in [0.25, 0.3) is 0 Å². The quantitative estimate of drug-likeness (QED) is 0.621. The molecule has 1 fully saturated rings. The van der Waals surface area contributed by atoms with Crippen molar-refractivity contribution in [2.75, 3.05) is 11.5 Å². The van der Waals surface area contributed by atoms with Crippen LogP contribution in [0, 0.1) is 0 Å². The second kappa shape index (κ2) is 5.40. The van der Waals surface area contributed by atoms with E-state index in [0.29, 0.717) is 18.0 Å². The molecule has 0 spiro atoms. The molecule has 1 saturated heterocycles. The Bertz CT molecular complexity index is 475. The lowest BCUT2D eigenvalue weighted by atomic mass is 10.2. The van der Waals surface area contributed by atoms with Crippen molar-refractivity contribution in [2.24, 2.45) is 0 Å². The number of para-hydroxylation sites is 2. The zero-order chi connectivity index (χ0) is 13.1. The number of rotatable bonds is 4. The van der Waals surface area contributed by atoms with Crippen LogP contribution in [-0.4, -0.2) is 23.8 Å². The van der Waals surface area contributed by atoms with Crippen molar-refractivity contribution in [3.8, 4) is 5.75 Å². The minimum Gasteiger partial charge on any atom is -0.491 e. The molecule has 2 rings (SSSR count). The monoisotopic (exact) mass is 267 g/mol. The summed E-state index contributed by atoms with van der Waals surface area (Å²) in [5, 5.41) is -0.767. The van der Waals surface area contributed by atoms with Crippen molar-refractivity contribution in [3.05, 3.63) is 24.3 Å². The molecule has 2 amide bonds. The zero-order valence-corrected chi connectivity index (χ0v) is 10.8. The van der Waals surface area contributed by atoms with E-state index < -0.39 is 5.38 Å². The van der Waals surface area contributed by atoms with Crippen molar-refractivity contribution in [1.82, 2.24) is 0 Å². The summed E-state index contributed by atoms with van der Waals surface area (Å²) in [6.07, 6.45) is 0.900. The summed E-state index contributed by atoms with van der Waals surface area (Å²) >= 11 is 5.81. The van der Waals surface area contributed by atoms with Crippen LogP contribution in [0.3, 0.4) is 0 Å². The number of benzene rings is 1. The first-order chi connectivity index (χ1) is 8.65. The predicted octanol–water partition coefficient (Wildman–Crippen LogP) is 2.35. The number of halogens is 1. The van der Waals surface area contributed by atoms with E-state index >= 15 is 0 Å². The van der Waals surface area contributed by atoms with Crippen LogP contribution in [0.5, 0.6) is 5.75 Å². The number of anilines is 1. The molecular formula is C13H14ClNO3. The summed E-state index contributed by atoms with van der Waals surface area (Å²) in [7, 11) is 0. The lowest BCUT2D eigenvalue weighted by Crippen LogP contribution is -2.31. The zero-order valence-electron chi connectivity index (χ0n) is 10.1. The van der Waals surface area contributed by atoms with Crippen LogP contribution in [0.1, 0.15) is 19.8 Å². The molecule has 1 heterocycles. The van der Waals surface area contributed by atoms with Gasteiger partial charge in [0, 0.05) is 0 Å². The minimum atomic E-state index is -0.767. The van der Waals surface area contributed by atoms with E-state index in [1.165, 1.54) is 0 Å². The smallest absolute Gasteiger partial charge is 0.252 e. The first-order valence-corrected chi connectivity index (χ1v) is 6.31. The number of imide groups is 1. The first kappa shape index (κ1) is 12.9. The van der Waals surface area contributed by atoms with Gasteiger partial charge in [-0.2, -0.15) is 0 Å². The number of ether oxygens (including phenoxy) is 1. The number of carbonyl (C=O) groups excluding carboxylic acids is 2. The maximum absolute atomic E-state index is 11.9. The van der Waals surface area contributed by atoms with E-state index in [4.69, 9.17) is 16.3 Å². The number of amides is 2. The van der Waals surface area contributed by atoms with E-state index in [1.54, 1.807) is 24.3 Å². The molecule has 0 aliphatic carbocycles. The van der Waals surface area contributed by atoms with Crippen LogP contribution in [0.15, 0.2) is 24.3 Å². The third kappa shape index (κ3) is 2.34. The van der Waals surface area contributed by atoms with Gasteiger partial charge >= 0.3 is 0 Å². The molecule has 0 radical (unpaired) electrons. The SMILES string of the molecule is CCCOc1ccccc1N1C(=O)C[C@@H](Cl)C1=O. The van der Waals surface area contributed by atoms with Gasteiger partial charge < -0.3 is 4.74 Å². The Labute approximate surface area is 110 Å². The van der Waals surface area contributed by atoms with Gasteiger partial charge in [-0.25, -0.2) is 4.90 Å². The molecule has 0 unspecified atom stereocenters. The average Bonchev–Trinajstić information content (AvgIpc) is 2.61. The van der Waals surface area contributed by atoms with Gasteiger partial charge in [-0.3, -0.25) is 9.59 Å². The van der Waals surface area contributed by atoms with Gasteiger partial charge in [0.05, 0.1) is 18.7 Å². The molecule has 5 heteroatoms. The van der Waals surface area contributed by atoms with Gasteiger partial charge in [-0.15, -0.1) is 11.6 Å². The molecule has 0 bridgehead atoms. The summed E-state index contributed by atoms with van der Waals surface area (Å²) in [4.78, 5) is 24.8. The van der Waals surface area contributed by atoms with Crippen LogP contribution in [0.4, 0.5) is 5.69 Å². The highest BCUT2D eigenvalue weighted by atomic mass is 35.5. The summed E-state index contributed by atoms with van der Waals surface area (Å²) in [6.45, 7) is 2.53. The Morgan fingerprint density at radius 3 is 2.72 bits per heavy atom. The standard InChI is InChI=1S/C13H14ClNO3/c1-2-7-18-11-6-4-3-5-10(11)15-12(16)8-9(14)13(15)17/h3-6,9H,2,7-8H2,1H3/t9-/m1/s1. The van der Waals surface area contributed by atoms with Crippen molar-refractivity contribution in [2.45, 2.75) is 25.1 Å². The predicted molar refractivity (Wildman–Crippen MR) is 69.0 cm³/mol. The van der Waals surface area contributed by atoms with Crippen molar-refractivity contribution < 1.29 is 14.3 Å². The lowest BCUT2D eigenvalue weighted by molar-refractivity contribution is -0.121. The number of alkyl halides is 1. The number of carbonyl (C=O) groups is 2. The fourth-order valence-electron chi connectivity index (χ4n) is 1.82. The molecule has 0 aromatic heterocycles. The molecule has 0 saturated carbocycles. The topological polar surface area (TPSA) is 46.6 Å². The largest absolute Gasteiger partial charge is 0.491 e.